The van der Waals surface area contributed by atoms with E-state index in [9.17, 15) is 13.2 Å². The highest BCUT2D eigenvalue weighted by Crippen LogP contribution is 2.38. The topological polar surface area (TPSA) is 75.7 Å². The second kappa shape index (κ2) is 8.84. The smallest absolute Gasteiger partial charge is 0.264 e. The number of sulfonamides is 1. The van der Waals surface area contributed by atoms with Crippen LogP contribution in [0.3, 0.4) is 0 Å². The molecule has 1 amide bonds. The molecule has 3 aromatic rings. The van der Waals surface area contributed by atoms with Gasteiger partial charge in [0, 0.05) is 11.6 Å². The third-order valence-electron chi connectivity index (χ3n) is 5.28. The van der Waals surface area contributed by atoms with E-state index in [2.05, 4.69) is 5.32 Å². The van der Waals surface area contributed by atoms with E-state index in [1.807, 2.05) is 38.1 Å². The van der Waals surface area contributed by atoms with Crippen LogP contribution in [0.4, 0.5) is 5.69 Å². The zero-order chi connectivity index (χ0) is 22.9. The highest BCUT2D eigenvalue weighted by Gasteiger charge is 2.37. The number of hydrogen-bond donors (Lipinski definition) is 1. The van der Waals surface area contributed by atoms with Gasteiger partial charge in [-0.1, -0.05) is 59.1 Å². The van der Waals surface area contributed by atoms with Gasteiger partial charge in [0.25, 0.3) is 15.9 Å². The van der Waals surface area contributed by atoms with Crippen molar-refractivity contribution in [1.29, 1.82) is 0 Å². The molecule has 0 bridgehead atoms. The Hall–Kier alpha value is -3.03. The summed E-state index contributed by atoms with van der Waals surface area (Å²) in [7, 11) is -3.93. The summed E-state index contributed by atoms with van der Waals surface area (Å²) in [6, 6.07) is 19.1. The van der Waals surface area contributed by atoms with Crippen molar-refractivity contribution in [1.82, 2.24) is 5.32 Å². The number of halogens is 1. The number of fused-ring (bicyclic) bond motifs is 1. The van der Waals surface area contributed by atoms with Gasteiger partial charge in [0.15, 0.2) is 6.10 Å². The average molecular weight is 471 g/mol. The molecule has 1 N–H and O–H groups in total. The largest absolute Gasteiger partial charge is 0.476 e. The second-order valence-corrected chi connectivity index (χ2v) is 10.1. The van der Waals surface area contributed by atoms with E-state index < -0.39 is 22.0 Å². The van der Waals surface area contributed by atoms with E-state index in [4.69, 9.17) is 16.3 Å². The standard InChI is InChI=1S/C24H23ClN2O4S/c1-16-3-7-18(8-4-16)14-26-24(28)23-15-27(21-13-19(25)9-12-22(21)31-23)32(29,30)20-10-5-17(2)6-11-20/h3-13,23H,14-15H2,1-2H3,(H,26,28). The van der Waals surface area contributed by atoms with E-state index in [0.717, 1.165) is 16.7 Å². The summed E-state index contributed by atoms with van der Waals surface area (Å²) in [5.74, 6) is -0.109. The lowest BCUT2D eigenvalue weighted by Crippen LogP contribution is -2.50. The van der Waals surface area contributed by atoms with Crippen molar-refractivity contribution < 1.29 is 17.9 Å². The molecule has 166 valence electrons. The van der Waals surface area contributed by atoms with Crippen molar-refractivity contribution in [2.45, 2.75) is 31.4 Å². The number of benzene rings is 3. The Morgan fingerprint density at radius 2 is 1.66 bits per heavy atom. The van der Waals surface area contributed by atoms with Crippen molar-refractivity contribution >= 4 is 33.2 Å². The summed E-state index contributed by atoms with van der Waals surface area (Å²) in [6.07, 6.45) is -1.01. The number of nitrogens with zero attached hydrogens (tertiary/aromatic N) is 1. The van der Waals surface area contributed by atoms with Gasteiger partial charge in [-0.2, -0.15) is 0 Å². The van der Waals surface area contributed by atoms with Gasteiger partial charge in [-0.05, 0) is 49.7 Å². The molecule has 0 spiro atoms. The minimum Gasteiger partial charge on any atom is -0.476 e. The molecule has 1 aliphatic heterocycles. The molecule has 0 radical (unpaired) electrons. The molecular formula is C24H23ClN2O4S. The van der Waals surface area contributed by atoms with Crippen LogP contribution in [0.15, 0.2) is 71.6 Å². The highest BCUT2D eigenvalue weighted by atomic mass is 35.5. The minimum atomic E-state index is -3.93. The van der Waals surface area contributed by atoms with Crippen molar-refractivity contribution in [2.24, 2.45) is 0 Å². The van der Waals surface area contributed by atoms with Crippen molar-refractivity contribution in [3.63, 3.8) is 0 Å². The summed E-state index contributed by atoms with van der Waals surface area (Å²) in [5.41, 5.74) is 3.32. The molecule has 1 unspecified atom stereocenters. The first-order valence-electron chi connectivity index (χ1n) is 10.1. The van der Waals surface area contributed by atoms with Crippen LogP contribution in [0.2, 0.25) is 5.02 Å². The fourth-order valence-electron chi connectivity index (χ4n) is 3.44. The fourth-order valence-corrected chi connectivity index (χ4v) is 5.07. The summed E-state index contributed by atoms with van der Waals surface area (Å²) in [6.45, 7) is 4.03. The quantitative estimate of drug-likeness (QED) is 0.605. The zero-order valence-electron chi connectivity index (χ0n) is 17.7. The zero-order valence-corrected chi connectivity index (χ0v) is 19.3. The van der Waals surface area contributed by atoms with Crippen LogP contribution in [0, 0.1) is 13.8 Å². The number of hydrogen-bond acceptors (Lipinski definition) is 4. The first kappa shape index (κ1) is 22.2. The molecule has 1 atom stereocenters. The number of carbonyl (C=O) groups excluding carboxylic acids is 1. The van der Waals surface area contributed by atoms with E-state index in [0.29, 0.717) is 17.3 Å². The third-order valence-corrected chi connectivity index (χ3v) is 7.31. The van der Waals surface area contributed by atoms with E-state index >= 15 is 0 Å². The molecule has 0 aromatic heterocycles. The predicted molar refractivity (Wildman–Crippen MR) is 125 cm³/mol. The Labute approximate surface area is 192 Å². The maximum Gasteiger partial charge on any atom is 0.264 e. The molecule has 8 heteroatoms. The number of nitrogens with one attached hydrogen (secondary N) is 1. The van der Waals surface area contributed by atoms with Gasteiger partial charge in [-0.3, -0.25) is 9.10 Å². The monoisotopic (exact) mass is 470 g/mol. The van der Waals surface area contributed by atoms with Crippen LogP contribution in [-0.2, 0) is 21.4 Å². The lowest BCUT2D eigenvalue weighted by Gasteiger charge is -2.35. The predicted octanol–water partition coefficient (Wildman–Crippen LogP) is 4.23. The molecule has 0 aliphatic carbocycles. The number of anilines is 1. The van der Waals surface area contributed by atoms with Crippen LogP contribution >= 0.6 is 11.6 Å². The van der Waals surface area contributed by atoms with Crippen LogP contribution in [0.25, 0.3) is 0 Å². The van der Waals surface area contributed by atoms with Gasteiger partial charge in [0.05, 0.1) is 17.1 Å². The molecule has 0 saturated carbocycles. The Balaban J connectivity index is 1.61. The minimum absolute atomic E-state index is 0.134. The Morgan fingerprint density at radius 3 is 2.31 bits per heavy atom. The maximum atomic E-state index is 13.4. The van der Waals surface area contributed by atoms with E-state index in [1.54, 1.807) is 36.4 Å². The average Bonchev–Trinajstić information content (AvgIpc) is 2.78. The Morgan fingerprint density at radius 1 is 1.03 bits per heavy atom. The Kier molecular flexibility index (Phi) is 6.13. The lowest BCUT2D eigenvalue weighted by molar-refractivity contribution is -0.127. The number of rotatable bonds is 5. The molecule has 1 aliphatic rings. The molecule has 32 heavy (non-hydrogen) atoms. The molecule has 0 saturated heterocycles. The van der Waals surface area contributed by atoms with Crippen LogP contribution < -0.4 is 14.4 Å². The number of aryl methyl sites for hydroxylation is 2. The van der Waals surface area contributed by atoms with Crippen LogP contribution in [0.1, 0.15) is 16.7 Å². The van der Waals surface area contributed by atoms with Gasteiger partial charge in [0.2, 0.25) is 0 Å². The van der Waals surface area contributed by atoms with Crippen molar-refractivity contribution in [3.05, 3.63) is 88.4 Å². The molecule has 3 aromatic carbocycles. The lowest BCUT2D eigenvalue weighted by atomic mass is 10.1. The van der Waals surface area contributed by atoms with E-state index in [-0.39, 0.29) is 17.2 Å². The summed E-state index contributed by atoms with van der Waals surface area (Å²) < 4.78 is 33.9. The third kappa shape index (κ3) is 4.59. The molecule has 6 nitrogen and oxygen atoms in total. The van der Waals surface area contributed by atoms with Crippen LogP contribution in [-0.4, -0.2) is 27.0 Å². The van der Waals surface area contributed by atoms with Gasteiger partial charge < -0.3 is 10.1 Å². The molecule has 0 fully saturated rings. The van der Waals surface area contributed by atoms with Gasteiger partial charge in [-0.15, -0.1) is 0 Å². The summed E-state index contributed by atoms with van der Waals surface area (Å²) in [4.78, 5) is 13.0. The number of carbonyl (C=O) groups is 1. The van der Waals surface area contributed by atoms with E-state index in [1.165, 1.54) is 10.4 Å². The van der Waals surface area contributed by atoms with Crippen LogP contribution in [0.5, 0.6) is 5.75 Å². The normalized spacial score (nSPS) is 15.6. The van der Waals surface area contributed by atoms with Gasteiger partial charge in [0.1, 0.15) is 5.75 Å². The fraction of sp³-hybridized carbons (Fsp3) is 0.208. The van der Waals surface area contributed by atoms with Crippen molar-refractivity contribution in [3.8, 4) is 5.75 Å². The first-order chi connectivity index (χ1) is 15.2. The molecule has 4 rings (SSSR count). The number of ether oxygens (including phenoxy) is 1. The maximum absolute atomic E-state index is 13.4. The SMILES string of the molecule is Cc1ccc(CNC(=O)C2CN(S(=O)(=O)c3ccc(C)cc3)c3cc(Cl)ccc3O2)cc1. The number of amides is 1. The first-order valence-corrected chi connectivity index (χ1v) is 11.9. The van der Waals surface area contributed by atoms with Gasteiger partial charge >= 0.3 is 0 Å². The van der Waals surface area contributed by atoms with Crippen molar-refractivity contribution in [2.75, 3.05) is 10.8 Å². The van der Waals surface area contributed by atoms with Gasteiger partial charge in [-0.25, -0.2) is 8.42 Å². The molecular weight excluding hydrogens is 448 g/mol. The highest BCUT2D eigenvalue weighted by molar-refractivity contribution is 7.92. The summed E-state index contributed by atoms with van der Waals surface area (Å²) >= 11 is 6.13. The summed E-state index contributed by atoms with van der Waals surface area (Å²) in [5, 5.41) is 3.21. The second-order valence-electron chi connectivity index (χ2n) is 7.77. The Bertz CT molecular complexity index is 1240. The molecule has 1 heterocycles.